The van der Waals surface area contributed by atoms with E-state index in [0.717, 1.165) is 25.9 Å². The van der Waals surface area contributed by atoms with Gasteiger partial charge < -0.3 is 10.6 Å². The molecule has 0 spiro atoms. The summed E-state index contributed by atoms with van der Waals surface area (Å²) in [6.07, 6.45) is 5.58. The number of nitrogen functional groups attached to an aromatic ring is 1. The number of pyridine rings is 1. The summed E-state index contributed by atoms with van der Waals surface area (Å²) in [5, 5.41) is 4.61. The van der Waals surface area contributed by atoms with Crippen LogP contribution in [0.3, 0.4) is 0 Å². The minimum Gasteiger partial charge on any atom is -0.382 e. The second-order valence-corrected chi connectivity index (χ2v) is 5.84. The monoisotopic (exact) mass is 309 g/mol. The fourth-order valence-corrected chi connectivity index (χ4v) is 2.77. The Morgan fingerprint density at radius 1 is 1.38 bits per heavy atom. The molecule has 1 fully saturated rings. The smallest absolute Gasteiger partial charge is 0.222 e. The third kappa shape index (κ3) is 2.87. The third-order valence-corrected chi connectivity index (χ3v) is 4.23. The largest absolute Gasteiger partial charge is 0.382 e. The highest BCUT2D eigenvalue weighted by atomic mass is 35.5. The second-order valence-electron chi connectivity index (χ2n) is 5.44. The summed E-state index contributed by atoms with van der Waals surface area (Å²) in [5.74, 6) is -0.625. The maximum Gasteiger partial charge on any atom is 0.222 e. The van der Waals surface area contributed by atoms with E-state index in [2.05, 4.69) is 22.0 Å². The van der Waals surface area contributed by atoms with Crippen molar-refractivity contribution in [2.45, 2.75) is 18.9 Å². The topological polar surface area (TPSA) is 60.0 Å². The summed E-state index contributed by atoms with van der Waals surface area (Å²) < 4.78 is 15.8. The van der Waals surface area contributed by atoms with Gasteiger partial charge in [0.15, 0.2) is 0 Å². The molecule has 0 saturated carbocycles. The van der Waals surface area contributed by atoms with Gasteiger partial charge in [-0.25, -0.2) is 4.98 Å². The van der Waals surface area contributed by atoms with Crippen LogP contribution in [0.15, 0.2) is 18.5 Å². The minimum atomic E-state index is -0.625. The molecule has 0 unspecified atom stereocenters. The van der Waals surface area contributed by atoms with E-state index in [9.17, 15) is 4.39 Å². The number of nitrogens with zero attached hydrogens (tertiary/aromatic N) is 4. The lowest BCUT2D eigenvalue weighted by molar-refractivity contribution is 0.212. The molecule has 2 aromatic rings. The number of hydrogen-bond donors (Lipinski definition) is 1. The van der Waals surface area contributed by atoms with Crippen molar-refractivity contribution < 1.29 is 4.39 Å². The van der Waals surface area contributed by atoms with Crippen LogP contribution < -0.4 is 5.73 Å². The van der Waals surface area contributed by atoms with E-state index < -0.39 is 5.95 Å². The predicted octanol–water partition coefficient (Wildman–Crippen LogP) is 2.59. The Morgan fingerprint density at radius 2 is 2.10 bits per heavy atom. The van der Waals surface area contributed by atoms with Crippen molar-refractivity contribution in [3.63, 3.8) is 0 Å². The number of hydrogen-bond acceptors (Lipinski definition) is 4. The van der Waals surface area contributed by atoms with Gasteiger partial charge in [0.1, 0.15) is 5.82 Å². The zero-order valence-corrected chi connectivity index (χ0v) is 12.5. The maximum atomic E-state index is 13.9. The van der Waals surface area contributed by atoms with Gasteiger partial charge in [0.05, 0.1) is 17.3 Å². The van der Waals surface area contributed by atoms with Gasteiger partial charge in [-0.3, -0.25) is 4.68 Å². The fourth-order valence-electron chi connectivity index (χ4n) is 2.62. The van der Waals surface area contributed by atoms with Crippen LogP contribution in [-0.2, 0) is 0 Å². The van der Waals surface area contributed by atoms with E-state index in [1.54, 1.807) is 6.20 Å². The molecular weight excluding hydrogens is 293 g/mol. The summed E-state index contributed by atoms with van der Waals surface area (Å²) >= 11 is 5.92. The van der Waals surface area contributed by atoms with Crippen LogP contribution in [-0.4, -0.2) is 39.8 Å². The van der Waals surface area contributed by atoms with Crippen molar-refractivity contribution >= 4 is 17.4 Å². The molecule has 0 radical (unpaired) electrons. The predicted molar refractivity (Wildman–Crippen MR) is 80.6 cm³/mol. The Kier molecular flexibility index (Phi) is 3.82. The average molecular weight is 310 g/mol. The average Bonchev–Trinajstić information content (AvgIpc) is 2.93. The zero-order chi connectivity index (χ0) is 15.0. The van der Waals surface area contributed by atoms with Crippen LogP contribution in [0.4, 0.5) is 10.2 Å². The summed E-state index contributed by atoms with van der Waals surface area (Å²) in [7, 11) is 2.11. The number of nitrogens with two attached hydrogens (primary N) is 1. The quantitative estimate of drug-likeness (QED) is 0.866. The molecule has 2 N–H and O–H groups in total. The lowest BCUT2D eigenvalue weighted by atomic mass is 10.1. The van der Waals surface area contributed by atoms with Crippen molar-refractivity contribution in [2.75, 3.05) is 25.9 Å². The molecule has 0 amide bonds. The Balaban J connectivity index is 1.87. The molecule has 112 valence electrons. The number of halogens is 2. The highest BCUT2D eigenvalue weighted by molar-refractivity contribution is 6.33. The van der Waals surface area contributed by atoms with Gasteiger partial charge in [0, 0.05) is 17.3 Å². The summed E-state index contributed by atoms with van der Waals surface area (Å²) in [5.41, 5.74) is 6.49. The highest BCUT2D eigenvalue weighted by Crippen LogP contribution is 2.29. The Bertz CT molecular complexity index is 649. The lowest BCUT2D eigenvalue weighted by Crippen LogP contribution is -2.31. The summed E-state index contributed by atoms with van der Waals surface area (Å²) in [6.45, 7) is 2.09. The van der Waals surface area contributed by atoms with Crippen LogP contribution in [0.5, 0.6) is 0 Å². The van der Waals surface area contributed by atoms with Gasteiger partial charge in [0.2, 0.25) is 5.95 Å². The number of likely N-dealkylation sites (tertiary alicyclic amines) is 1. The molecular formula is C14H17ClFN5. The Labute approximate surface area is 127 Å². The van der Waals surface area contributed by atoms with Gasteiger partial charge in [-0.2, -0.15) is 9.49 Å². The molecule has 1 aliphatic heterocycles. The van der Waals surface area contributed by atoms with E-state index in [4.69, 9.17) is 17.3 Å². The highest BCUT2D eigenvalue weighted by Gasteiger charge is 2.20. The van der Waals surface area contributed by atoms with Crippen LogP contribution in [0.2, 0.25) is 5.02 Å². The minimum absolute atomic E-state index is 0.000580. The molecule has 0 aromatic carbocycles. The van der Waals surface area contributed by atoms with Crippen LogP contribution in [0.1, 0.15) is 18.9 Å². The van der Waals surface area contributed by atoms with Crippen molar-refractivity contribution in [1.29, 1.82) is 0 Å². The molecule has 1 saturated heterocycles. The molecule has 2 aromatic heterocycles. The third-order valence-electron chi connectivity index (χ3n) is 3.93. The lowest BCUT2D eigenvalue weighted by Gasteiger charge is -2.28. The summed E-state index contributed by atoms with van der Waals surface area (Å²) in [6, 6.07) is 1.85. The van der Waals surface area contributed by atoms with Crippen molar-refractivity contribution in [3.05, 3.63) is 29.4 Å². The molecule has 7 heteroatoms. The molecule has 1 aliphatic rings. The van der Waals surface area contributed by atoms with Gasteiger partial charge in [0.25, 0.3) is 0 Å². The van der Waals surface area contributed by atoms with Gasteiger partial charge in [-0.05, 0) is 39.0 Å². The number of piperidine rings is 1. The molecule has 5 nitrogen and oxygen atoms in total. The van der Waals surface area contributed by atoms with Crippen LogP contribution in [0.25, 0.3) is 11.1 Å². The first-order valence-corrected chi connectivity index (χ1v) is 7.27. The molecule has 21 heavy (non-hydrogen) atoms. The Morgan fingerprint density at radius 3 is 2.81 bits per heavy atom. The number of aromatic nitrogens is 3. The van der Waals surface area contributed by atoms with Crippen LogP contribution in [0, 0.1) is 5.95 Å². The van der Waals surface area contributed by atoms with E-state index in [-0.39, 0.29) is 10.8 Å². The normalized spacial score (nSPS) is 17.3. The SMILES string of the molecule is CN1CCC(n2cc(-c3cc(Cl)c(N)nc3F)cn2)CC1. The van der Waals surface area contributed by atoms with Crippen molar-refractivity contribution in [3.8, 4) is 11.1 Å². The standard InChI is InChI=1S/C14H17ClFN5/c1-20-4-2-10(3-5-20)21-8-9(7-18-21)11-6-12(15)14(17)19-13(11)16/h6-8,10H,2-5H2,1H3,(H2,17,19). The Hall–Kier alpha value is -1.66. The van der Waals surface area contributed by atoms with Gasteiger partial charge in [-0.15, -0.1) is 0 Å². The molecule has 0 aliphatic carbocycles. The van der Waals surface area contributed by atoms with Gasteiger partial charge in [-0.1, -0.05) is 11.6 Å². The summed E-state index contributed by atoms with van der Waals surface area (Å²) in [4.78, 5) is 5.91. The first-order chi connectivity index (χ1) is 10.0. The van der Waals surface area contributed by atoms with E-state index in [1.807, 2.05) is 10.9 Å². The van der Waals surface area contributed by atoms with E-state index in [1.165, 1.54) is 6.07 Å². The molecule has 3 heterocycles. The van der Waals surface area contributed by atoms with Crippen LogP contribution >= 0.6 is 11.6 Å². The molecule has 0 atom stereocenters. The number of anilines is 1. The first-order valence-electron chi connectivity index (χ1n) is 6.89. The second kappa shape index (κ2) is 5.61. The number of rotatable bonds is 2. The fraction of sp³-hybridized carbons (Fsp3) is 0.429. The zero-order valence-electron chi connectivity index (χ0n) is 11.8. The molecule has 3 rings (SSSR count). The maximum absolute atomic E-state index is 13.9. The van der Waals surface area contributed by atoms with E-state index in [0.29, 0.717) is 17.2 Å². The molecule has 0 bridgehead atoms. The van der Waals surface area contributed by atoms with E-state index >= 15 is 0 Å². The van der Waals surface area contributed by atoms with Crippen molar-refractivity contribution in [2.24, 2.45) is 0 Å². The van der Waals surface area contributed by atoms with Crippen molar-refractivity contribution in [1.82, 2.24) is 19.7 Å². The van der Waals surface area contributed by atoms with Gasteiger partial charge >= 0.3 is 0 Å². The first kappa shape index (κ1) is 14.3.